The predicted molar refractivity (Wildman–Crippen MR) is 82.5 cm³/mol. The van der Waals surface area contributed by atoms with E-state index in [9.17, 15) is 9.59 Å². The predicted octanol–water partition coefficient (Wildman–Crippen LogP) is 2.39. The second-order valence-corrected chi connectivity index (χ2v) is 5.91. The van der Waals surface area contributed by atoms with Crippen molar-refractivity contribution in [2.45, 2.75) is 38.8 Å². The van der Waals surface area contributed by atoms with Crippen molar-refractivity contribution in [3.8, 4) is 0 Å². The van der Waals surface area contributed by atoms with Gasteiger partial charge < -0.3 is 14.7 Å². The van der Waals surface area contributed by atoms with E-state index in [2.05, 4.69) is 0 Å². The van der Waals surface area contributed by atoms with Gasteiger partial charge >= 0.3 is 5.97 Å². The van der Waals surface area contributed by atoms with E-state index in [-0.39, 0.29) is 17.9 Å². The smallest absolute Gasteiger partial charge is 0.326 e. The van der Waals surface area contributed by atoms with Gasteiger partial charge in [-0.15, -0.1) is 0 Å². The van der Waals surface area contributed by atoms with Gasteiger partial charge in [-0.1, -0.05) is 29.8 Å². The lowest BCUT2D eigenvalue weighted by atomic mass is 9.88. The van der Waals surface area contributed by atoms with E-state index in [0.717, 1.165) is 17.5 Å². The maximum Gasteiger partial charge on any atom is 0.326 e. The Hall–Kier alpha value is -1.88. The Labute approximate surface area is 130 Å². The molecule has 1 aromatic rings. The second-order valence-electron chi connectivity index (χ2n) is 5.91. The number of ether oxygens (including phenoxy) is 1. The second kappa shape index (κ2) is 6.92. The van der Waals surface area contributed by atoms with Gasteiger partial charge in [-0.25, -0.2) is 4.79 Å². The van der Waals surface area contributed by atoms with Crippen LogP contribution in [0.3, 0.4) is 0 Å². The molecule has 0 aromatic heterocycles. The van der Waals surface area contributed by atoms with Crippen LogP contribution in [0.1, 0.15) is 37.0 Å². The van der Waals surface area contributed by atoms with Crippen LogP contribution >= 0.6 is 0 Å². The molecule has 1 fully saturated rings. The van der Waals surface area contributed by atoms with Crippen molar-refractivity contribution in [1.29, 1.82) is 0 Å². The zero-order valence-corrected chi connectivity index (χ0v) is 13.3. The van der Waals surface area contributed by atoms with Gasteiger partial charge in [-0.3, -0.25) is 4.79 Å². The standard InChI is InChI=1S/C17H23NO4/c1-11-6-8-13(9-7-11)15-14(5-4-10-22-15)16(19)18(3)12(2)17(20)21/h6-9,12,14-15H,4-5,10H2,1-3H3,(H,20,21). The fourth-order valence-corrected chi connectivity index (χ4v) is 2.74. The molecule has 0 saturated carbocycles. The molecule has 1 aromatic carbocycles. The first-order chi connectivity index (χ1) is 10.4. The summed E-state index contributed by atoms with van der Waals surface area (Å²) in [6.07, 6.45) is 1.23. The molecule has 1 heterocycles. The molecule has 3 atom stereocenters. The highest BCUT2D eigenvalue weighted by Crippen LogP contribution is 2.35. The number of nitrogens with zero attached hydrogens (tertiary/aromatic N) is 1. The number of amides is 1. The van der Waals surface area contributed by atoms with Crippen LogP contribution in [0.2, 0.25) is 0 Å². The number of benzene rings is 1. The van der Waals surface area contributed by atoms with Crippen LogP contribution < -0.4 is 0 Å². The van der Waals surface area contributed by atoms with Crippen molar-refractivity contribution in [3.63, 3.8) is 0 Å². The molecular formula is C17H23NO4. The van der Waals surface area contributed by atoms with Crippen molar-refractivity contribution < 1.29 is 19.4 Å². The first-order valence-electron chi connectivity index (χ1n) is 7.59. The van der Waals surface area contributed by atoms with Gasteiger partial charge in [0.25, 0.3) is 0 Å². The van der Waals surface area contributed by atoms with Gasteiger partial charge in [-0.2, -0.15) is 0 Å². The summed E-state index contributed by atoms with van der Waals surface area (Å²) in [6, 6.07) is 7.11. The first kappa shape index (κ1) is 16.5. The molecule has 2 rings (SSSR count). The maximum atomic E-state index is 12.7. The molecule has 22 heavy (non-hydrogen) atoms. The van der Waals surface area contributed by atoms with E-state index < -0.39 is 12.0 Å². The lowest BCUT2D eigenvalue weighted by Gasteiger charge is -2.34. The number of carboxylic acids is 1. The minimum Gasteiger partial charge on any atom is -0.480 e. The van der Waals surface area contributed by atoms with Crippen LogP contribution in [0.5, 0.6) is 0 Å². The molecule has 5 heteroatoms. The molecule has 5 nitrogen and oxygen atoms in total. The quantitative estimate of drug-likeness (QED) is 0.927. The molecule has 0 bridgehead atoms. The van der Waals surface area contributed by atoms with Gasteiger partial charge in [0.1, 0.15) is 6.04 Å². The van der Waals surface area contributed by atoms with Crippen LogP contribution in [-0.4, -0.2) is 41.6 Å². The SMILES string of the molecule is Cc1ccc(C2OCCCC2C(=O)N(C)C(C)C(=O)O)cc1. The van der Waals surface area contributed by atoms with Crippen LogP contribution in [0.25, 0.3) is 0 Å². The summed E-state index contributed by atoms with van der Waals surface area (Å²) in [5.41, 5.74) is 2.12. The Morgan fingerprint density at radius 3 is 2.55 bits per heavy atom. The Morgan fingerprint density at radius 1 is 1.32 bits per heavy atom. The van der Waals surface area contributed by atoms with E-state index in [1.165, 1.54) is 11.8 Å². The number of aliphatic carboxylic acids is 1. The largest absolute Gasteiger partial charge is 0.480 e. The molecule has 1 aliphatic rings. The normalized spacial score (nSPS) is 22.9. The number of likely N-dealkylation sites (N-methyl/N-ethyl adjacent to an activating group) is 1. The van der Waals surface area contributed by atoms with Gasteiger partial charge in [-0.05, 0) is 32.3 Å². The Kier molecular flexibility index (Phi) is 5.19. The first-order valence-corrected chi connectivity index (χ1v) is 7.59. The van der Waals surface area contributed by atoms with E-state index >= 15 is 0 Å². The van der Waals surface area contributed by atoms with Gasteiger partial charge in [0.15, 0.2) is 0 Å². The lowest BCUT2D eigenvalue weighted by molar-refractivity contribution is -0.154. The number of hydrogen-bond acceptors (Lipinski definition) is 3. The average Bonchev–Trinajstić information content (AvgIpc) is 2.53. The third-order valence-electron chi connectivity index (χ3n) is 4.33. The van der Waals surface area contributed by atoms with Crippen molar-refractivity contribution in [3.05, 3.63) is 35.4 Å². The summed E-state index contributed by atoms with van der Waals surface area (Å²) < 4.78 is 5.83. The van der Waals surface area contributed by atoms with Crippen molar-refractivity contribution >= 4 is 11.9 Å². The number of carbonyl (C=O) groups is 2. The fourth-order valence-electron chi connectivity index (χ4n) is 2.74. The zero-order valence-electron chi connectivity index (χ0n) is 13.3. The van der Waals surface area contributed by atoms with Gasteiger partial charge in [0.05, 0.1) is 12.0 Å². The van der Waals surface area contributed by atoms with E-state index in [0.29, 0.717) is 13.0 Å². The fraction of sp³-hybridized carbons (Fsp3) is 0.529. The monoisotopic (exact) mass is 305 g/mol. The summed E-state index contributed by atoms with van der Waals surface area (Å²) in [6.45, 7) is 4.15. The summed E-state index contributed by atoms with van der Waals surface area (Å²) in [4.78, 5) is 25.1. The minimum absolute atomic E-state index is 0.167. The minimum atomic E-state index is -1.00. The lowest BCUT2D eigenvalue weighted by Crippen LogP contribution is -2.45. The van der Waals surface area contributed by atoms with Gasteiger partial charge in [0, 0.05) is 13.7 Å². The van der Waals surface area contributed by atoms with Crippen molar-refractivity contribution in [2.75, 3.05) is 13.7 Å². The molecule has 1 N–H and O–H groups in total. The van der Waals surface area contributed by atoms with Crippen molar-refractivity contribution in [1.82, 2.24) is 4.90 Å². The highest BCUT2D eigenvalue weighted by Gasteiger charge is 2.36. The van der Waals surface area contributed by atoms with E-state index in [4.69, 9.17) is 9.84 Å². The molecule has 1 aliphatic heterocycles. The molecule has 1 saturated heterocycles. The van der Waals surface area contributed by atoms with E-state index in [1.54, 1.807) is 7.05 Å². The van der Waals surface area contributed by atoms with Gasteiger partial charge in [0.2, 0.25) is 5.91 Å². The van der Waals surface area contributed by atoms with Crippen LogP contribution in [0.15, 0.2) is 24.3 Å². The number of carbonyl (C=O) groups excluding carboxylic acids is 1. The Balaban J connectivity index is 2.20. The van der Waals surface area contributed by atoms with Crippen LogP contribution in [0, 0.1) is 12.8 Å². The number of hydrogen-bond donors (Lipinski definition) is 1. The third-order valence-corrected chi connectivity index (χ3v) is 4.33. The molecule has 1 amide bonds. The van der Waals surface area contributed by atoms with Crippen LogP contribution in [0.4, 0.5) is 0 Å². The summed E-state index contributed by atoms with van der Waals surface area (Å²) in [5.74, 6) is -1.50. The highest BCUT2D eigenvalue weighted by atomic mass is 16.5. The van der Waals surface area contributed by atoms with Crippen molar-refractivity contribution in [2.24, 2.45) is 5.92 Å². The molecule has 0 spiro atoms. The summed E-state index contributed by atoms with van der Waals surface area (Å²) in [7, 11) is 1.54. The molecule has 3 unspecified atom stereocenters. The van der Waals surface area contributed by atoms with E-state index in [1.807, 2.05) is 31.2 Å². The Bertz CT molecular complexity index is 540. The summed E-state index contributed by atoms with van der Waals surface area (Å²) >= 11 is 0. The number of rotatable bonds is 4. The molecule has 0 aliphatic carbocycles. The zero-order chi connectivity index (χ0) is 16.3. The number of aryl methyl sites for hydroxylation is 1. The summed E-state index contributed by atoms with van der Waals surface area (Å²) in [5, 5.41) is 9.09. The molecule has 120 valence electrons. The molecular weight excluding hydrogens is 282 g/mol. The number of carboxylic acid groups (broad SMARTS) is 1. The van der Waals surface area contributed by atoms with Crippen LogP contribution in [-0.2, 0) is 14.3 Å². The Morgan fingerprint density at radius 2 is 1.95 bits per heavy atom. The maximum absolute atomic E-state index is 12.7. The topological polar surface area (TPSA) is 66.8 Å². The third kappa shape index (κ3) is 3.47. The average molecular weight is 305 g/mol. The molecule has 0 radical (unpaired) electrons. The highest BCUT2D eigenvalue weighted by molar-refractivity contribution is 5.85.